The zero-order valence-corrected chi connectivity index (χ0v) is 17.5. The van der Waals surface area contributed by atoms with Crippen LogP contribution < -0.4 is 14.8 Å². The van der Waals surface area contributed by atoms with Crippen LogP contribution in [0.3, 0.4) is 0 Å². The summed E-state index contributed by atoms with van der Waals surface area (Å²) in [7, 11) is 1.93. The number of para-hydroxylation sites is 3. The number of anilines is 1. The largest absolute Gasteiger partial charge is 0.492 e. The lowest BCUT2D eigenvalue weighted by Crippen LogP contribution is -2.37. The number of amides is 1. The Kier molecular flexibility index (Phi) is 7.86. The zero-order valence-electron chi connectivity index (χ0n) is 17.5. The monoisotopic (exact) mass is 404 g/mol. The van der Waals surface area contributed by atoms with E-state index in [0.717, 1.165) is 11.3 Å². The van der Waals surface area contributed by atoms with E-state index in [0.29, 0.717) is 31.2 Å². The second-order valence-corrected chi connectivity index (χ2v) is 6.87. The fourth-order valence-corrected chi connectivity index (χ4v) is 3.25. The van der Waals surface area contributed by atoms with Crippen LogP contribution in [-0.4, -0.2) is 37.6 Å². The molecule has 156 valence electrons. The third-order valence-electron chi connectivity index (χ3n) is 4.71. The number of nitrogens with zero attached hydrogens (tertiary/aromatic N) is 1. The molecule has 3 aromatic rings. The third-order valence-corrected chi connectivity index (χ3v) is 4.71. The van der Waals surface area contributed by atoms with Gasteiger partial charge < -0.3 is 14.8 Å². The fourth-order valence-electron chi connectivity index (χ4n) is 3.25. The van der Waals surface area contributed by atoms with Gasteiger partial charge in [-0.3, -0.25) is 9.69 Å². The van der Waals surface area contributed by atoms with Crippen molar-refractivity contribution in [2.75, 3.05) is 32.1 Å². The molecule has 0 fully saturated rings. The van der Waals surface area contributed by atoms with E-state index >= 15 is 0 Å². The van der Waals surface area contributed by atoms with E-state index in [1.165, 1.54) is 0 Å². The number of rotatable bonds is 10. The van der Waals surface area contributed by atoms with E-state index in [1.807, 2.05) is 104 Å². The molecule has 0 saturated carbocycles. The first kappa shape index (κ1) is 21.4. The number of carbonyl (C=O) groups excluding carboxylic acids is 1. The highest BCUT2D eigenvalue weighted by Gasteiger charge is 2.26. The maximum absolute atomic E-state index is 13.3. The van der Waals surface area contributed by atoms with E-state index in [4.69, 9.17) is 9.47 Å². The lowest BCUT2D eigenvalue weighted by atomic mass is 10.0. The second kappa shape index (κ2) is 11.0. The molecule has 1 amide bonds. The Hall–Kier alpha value is -3.31. The van der Waals surface area contributed by atoms with Crippen molar-refractivity contribution in [3.05, 3.63) is 90.5 Å². The molecule has 0 radical (unpaired) electrons. The van der Waals surface area contributed by atoms with Gasteiger partial charge in [0.2, 0.25) is 5.91 Å². The highest BCUT2D eigenvalue weighted by atomic mass is 16.5. The summed E-state index contributed by atoms with van der Waals surface area (Å²) in [5, 5.41) is 3.04. The van der Waals surface area contributed by atoms with Gasteiger partial charge >= 0.3 is 0 Å². The quantitative estimate of drug-likeness (QED) is 0.529. The van der Waals surface area contributed by atoms with Gasteiger partial charge in [-0.1, -0.05) is 60.7 Å². The third kappa shape index (κ3) is 5.84. The van der Waals surface area contributed by atoms with Gasteiger partial charge in [0.1, 0.15) is 24.1 Å². The van der Waals surface area contributed by atoms with Crippen LogP contribution in [0.1, 0.15) is 18.5 Å². The summed E-state index contributed by atoms with van der Waals surface area (Å²) in [6.07, 6.45) is 0. The van der Waals surface area contributed by atoms with E-state index in [-0.39, 0.29) is 5.91 Å². The normalized spacial score (nSPS) is 11.7. The molecule has 0 aliphatic heterocycles. The van der Waals surface area contributed by atoms with Crippen LogP contribution in [0.5, 0.6) is 11.5 Å². The topological polar surface area (TPSA) is 50.8 Å². The highest BCUT2D eigenvalue weighted by Crippen LogP contribution is 2.27. The summed E-state index contributed by atoms with van der Waals surface area (Å²) in [5.41, 5.74) is 1.59. The molecule has 0 spiro atoms. The summed E-state index contributed by atoms with van der Waals surface area (Å²) in [4.78, 5) is 15.3. The Morgan fingerprint density at radius 2 is 1.53 bits per heavy atom. The molecule has 1 N–H and O–H groups in total. The van der Waals surface area contributed by atoms with Crippen molar-refractivity contribution < 1.29 is 14.3 Å². The minimum Gasteiger partial charge on any atom is -0.492 e. The molecule has 5 heteroatoms. The molecule has 3 rings (SSSR count). The van der Waals surface area contributed by atoms with Gasteiger partial charge in [-0.25, -0.2) is 0 Å². The molecule has 0 saturated heterocycles. The van der Waals surface area contributed by atoms with Crippen molar-refractivity contribution in [2.45, 2.75) is 13.0 Å². The van der Waals surface area contributed by atoms with Gasteiger partial charge in [-0.15, -0.1) is 0 Å². The van der Waals surface area contributed by atoms with Gasteiger partial charge in [0.05, 0.1) is 12.3 Å². The fraction of sp³-hybridized carbons (Fsp3) is 0.240. The van der Waals surface area contributed by atoms with Gasteiger partial charge in [0.15, 0.2) is 0 Å². The number of benzene rings is 3. The van der Waals surface area contributed by atoms with Crippen molar-refractivity contribution in [3.8, 4) is 11.5 Å². The molecule has 0 unspecified atom stereocenters. The number of nitrogens with one attached hydrogen (secondary N) is 1. The summed E-state index contributed by atoms with van der Waals surface area (Å²) in [5.74, 6) is 1.36. The molecule has 0 aliphatic rings. The molecular formula is C25H28N2O3. The van der Waals surface area contributed by atoms with E-state index in [9.17, 15) is 4.79 Å². The molecule has 0 aliphatic carbocycles. The minimum absolute atomic E-state index is 0.115. The number of likely N-dealkylation sites (N-methyl/N-ethyl adjacent to an activating group) is 1. The van der Waals surface area contributed by atoms with Crippen molar-refractivity contribution >= 4 is 11.6 Å². The average Bonchev–Trinajstić information content (AvgIpc) is 2.77. The standard InChI is InChI=1S/C25H28N2O3/c1-3-29-23-17-11-10-16-22(23)26-25(28)24(20-12-6-4-7-13-20)27(2)18-19-30-21-14-8-5-9-15-21/h4-17,24H,3,18-19H2,1-2H3,(H,26,28)/t24-/m1/s1. The smallest absolute Gasteiger partial charge is 0.246 e. The Bertz CT molecular complexity index is 916. The summed E-state index contributed by atoms with van der Waals surface area (Å²) < 4.78 is 11.5. The molecule has 0 heterocycles. The molecule has 3 aromatic carbocycles. The SMILES string of the molecule is CCOc1ccccc1NC(=O)[C@@H](c1ccccc1)N(C)CCOc1ccccc1. The van der Waals surface area contributed by atoms with Gasteiger partial charge in [0, 0.05) is 6.54 Å². The molecule has 30 heavy (non-hydrogen) atoms. The zero-order chi connectivity index (χ0) is 21.2. The first-order valence-corrected chi connectivity index (χ1v) is 10.1. The number of ether oxygens (including phenoxy) is 2. The Labute approximate surface area is 178 Å². The second-order valence-electron chi connectivity index (χ2n) is 6.87. The highest BCUT2D eigenvalue weighted by molar-refractivity contribution is 5.96. The molecule has 0 aromatic heterocycles. The minimum atomic E-state index is -0.458. The number of hydrogen-bond donors (Lipinski definition) is 1. The maximum Gasteiger partial charge on any atom is 0.246 e. The van der Waals surface area contributed by atoms with Crippen molar-refractivity contribution in [3.63, 3.8) is 0 Å². The average molecular weight is 405 g/mol. The summed E-state index contributed by atoms with van der Waals surface area (Å²) >= 11 is 0. The van der Waals surface area contributed by atoms with Crippen LogP contribution in [-0.2, 0) is 4.79 Å². The lowest BCUT2D eigenvalue weighted by Gasteiger charge is -2.28. The predicted molar refractivity (Wildman–Crippen MR) is 120 cm³/mol. The van der Waals surface area contributed by atoms with Gasteiger partial charge in [-0.2, -0.15) is 0 Å². The molecule has 5 nitrogen and oxygen atoms in total. The van der Waals surface area contributed by atoms with Crippen LogP contribution in [0.2, 0.25) is 0 Å². The van der Waals surface area contributed by atoms with Crippen LogP contribution in [0.15, 0.2) is 84.9 Å². The van der Waals surface area contributed by atoms with Crippen LogP contribution in [0.4, 0.5) is 5.69 Å². The van der Waals surface area contributed by atoms with E-state index in [2.05, 4.69) is 5.32 Å². The predicted octanol–water partition coefficient (Wildman–Crippen LogP) is 4.78. The molecule has 1 atom stereocenters. The van der Waals surface area contributed by atoms with Crippen LogP contribution >= 0.6 is 0 Å². The summed E-state index contributed by atoms with van der Waals surface area (Å²) in [6.45, 7) is 3.53. The Balaban J connectivity index is 1.73. The number of carbonyl (C=O) groups is 1. The first-order chi connectivity index (χ1) is 14.7. The van der Waals surface area contributed by atoms with Crippen molar-refractivity contribution in [2.24, 2.45) is 0 Å². The number of hydrogen-bond acceptors (Lipinski definition) is 4. The van der Waals surface area contributed by atoms with Crippen LogP contribution in [0.25, 0.3) is 0 Å². The summed E-state index contributed by atoms with van der Waals surface area (Å²) in [6, 6.07) is 26.5. The lowest BCUT2D eigenvalue weighted by molar-refractivity contribution is -0.121. The van der Waals surface area contributed by atoms with Gasteiger partial charge in [-0.05, 0) is 43.8 Å². The van der Waals surface area contributed by atoms with E-state index in [1.54, 1.807) is 0 Å². The Morgan fingerprint density at radius 3 is 2.23 bits per heavy atom. The van der Waals surface area contributed by atoms with Crippen molar-refractivity contribution in [1.82, 2.24) is 4.90 Å². The van der Waals surface area contributed by atoms with Gasteiger partial charge in [0.25, 0.3) is 0 Å². The van der Waals surface area contributed by atoms with Crippen molar-refractivity contribution in [1.29, 1.82) is 0 Å². The van der Waals surface area contributed by atoms with E-state index < -0.39 is 6.04 Å². The Morgan fingerprint density at radius 1 is 0.900 bits per heavy atom. The molecule has 0 bridgehead atoms. The molecular weight excluding hydrogens is 376 g/mol. The van der Waals surface area contributed by atoms with Crippen LogP contribution in [0, 0.1) is 0 Å². The first-order valence-electron chi connectivity index (χ1n) is 10.1. The maximum atomic E-state index is 13.3.